The summed E-state index contributed by atoms with van der Waals surface area (Å²) >= 11 is 3.63. The van der Waals surface area contributed by atoms with Gasteiger partial charge in [-0.2, -0.15) is 0 Å². The zero-order valence-electron chi connectivity index (χ0n) is 12.5. The fourth-order valence-electron chi connectivity index (χ4n) is 2.21. The molecule has 1 heterocycles. The lowest BCUT2D eigenvalue weighted by atomic mass is 10.00. The molecule has 0 aliphatic heterocycles. The fraction of sp³-hybridized carbons (Fsp3) is 0.353. The van der Waals surface area contributed by atoms with Crippen LogP contribution < -0.4 is 10.1 Å². The molecule has 0 radical (unpaired) electrons. The van der Waals surface area contributed by atoms with Gasteiger partial charge in [0, 0.05) is 10.7 Å². The smallest absolute Gasteiger partial charge is 0.137 e. The fourth-order valence-corrected chi connectivity index (χ4v) is 2.73. The van der Waals surface area contributed by atoms with Crippen LogP contribution >= 0.6 is 15.9 Å². The Balaban J connectivity index is 2.32. The van der Waals surface area contributed by atoms with Crippen molar-refractivity contribution in [2.75, 3.05) is 13.2 Å². The highest BCUT2D eigenvalue weighted by Crippen LogP contribution is 2.29. The predicted octanol–water partition coefficient (Wildman–Crippen LogP) is 4.33. The highest BCUT2D eigenvalue weighted by atomic mass is 79.9. The van der Waals surface area contributed by atoms with Crippen molar-refractivity contribution in [3.8, 4) is 5.75 Å². The predicted molar refractivity (Wildman–Crippen MR) is 89.7 cm³/mol. The first-order chi connectivity index (χ1) is 10.3. The Labute approximate surface area is 134 Å². The van der Waals surface area contributed by atoms with Gasteiger partial charge in [-0.25, -0.2) is 0 Å². The van der Waals surface area contributed by atoms with Crippen molar-refractivity contribution in [3.63, 3.8) is 0 Å². The zero-order valence-corrected chi connectivity index (χ0v) is 14.1. The number of hydrogen-bond donors (Lipinski definition) is 1. The average molecular weight is 349 g/mol. The molecule has 0 fully saturated rings. The number of ether oxygens (including phenoxy) is 1. The third-order valence-electron chi connectivity index (χ3n) is 3.16. The second-order valence-electron chi connectivity index (χ2n) is 4.81. The Morgan fingerprint density at radius 1 is 1.24 bits per heavy atom. The van der Waals surface area contributed by atoms with Gasteiger partial charge in [0.05, 0.1) is 18.8 Å². The minimum atomic E-state index is 0.100. The number of halogens is 1. The molecule has 4 heteroatoms. The summed E-state index contributed by atoms with van der Waals surface area (Å²) in [5.41, 5.74) is 2.31. The molecule has 1 atom stereocenters. The van der Waals surface area contributed by atoms with Gasteiger partial charge in [-0.15, -0.1) is 0 Å². The van der Waals surface area contributed by atoms with E-state index >= 15 is 0 Å². The van der Waals surface area contributed by atoms with Gasteiger partial charge in [0.25, 0.3) is 0 Å². The van der Waals surface area contributed by atoms with Crippen molar-refractivity contribution in [3.05, 3.63) is 58.3 Å². The van der Waals surface area contributed by atoms with Crippen molar-refractivity contribution in [1.82, 2.24) is 10.3 Å². The molecule has 0 saturated carbocycles. The molecule has 0 aliphatic carbocycles. The molecule has 1 aromatic carbocycles. The second kappa shape index (κ2) is 8.15. The molecule has 2 aromatic rings. The Bertz CT molecular complexity index is 574. The molecule has 0 amide bonds. The van der Waals surface area contributed by atoms with Gasteiger partial charge < -0.3 is 10.1 Å². The number of aromatic nitrogens is 1. The van der Waals surface area contributed by atoms with Gasteiger partial charge in [-0.1, -0.05) is 48.0 Å². The van der Waals surface area contributed by atoms with Gasteiger partial charge >= 0.3 is 0 Å². The highest BCUT2D eigenvalue weighted by Gasteiger charge is 2.16. The Morgan fingerprint density at radius 3 is 2.76 bits per heavy atom. The van der Waals surface area contributed by atoms with Crippen LogP contribution in [-0.2, 0) is 0 Å². The van der Waals surface area contributed by atoms with E-state index in [1.807, 2.05) is 12.3 Å². The maximum Gasteiger partial charge on any atom is 0.137 e. The maximum absolute atomic E-state index is 5.69. The van der Waals surface area contributed by atoms with Crippen molar-refractivity contribution < 1.29 is 4.74 Å². The van der Waals surface area contributed by atoms with Crippen molar-refractivity contribution >= 4 is 15.9 Å². The van der Waals surface area contributed by atoms with Crippen LogP contribution in [0.15, 0.2) is 47.2 Å². The number of hydrogen-bond acceptors (Lipinski definition) is 3. The lowest BCUT2D eigenvalue weighted by Gasteiger charge is -2.20. The normalized spacial score (nSPS) is 12.1. The van der Waals surface area contributed by atoms with E-state index in [9.17, 15) is 0 Å². The molecular formula is C17H21BrN2O. The van der Waals surface area contributed by atoms with Crippen LogP contribution in [0.5, 0.6) is 5.75 Å². The van der Waals surface area contributed by atoms with Crippen LogP contribution in [0.25, 0.3) is 0 Å². The lowest BCUT2D eigenvalue weighted by molar-refractivity contribution is 0.315. The monoisotopic (exact) mass is 348 g/mol. The summed E-state index contributed by atoms with van der Waals surface area (Å²) in [5.74, 6) is 0.823. The van der Waals surface area contributed by atoms with E-state index in [-0.39, 0.29) is 6.04 Å². The van der Waals surface area contributed by atoms with Crippen LogP contribution in [0.3, 0.4) is 0 Å². The number of benzene rings is 1. The highest BCUT2D eigenvalue weighted by molar-refractivity contribution is 9.10. The number of nitrogens with zero attached hydrogens (tertiary/aromatic N) is 1. The summed E-state index contributed by atoms with van der Waals surface area (Å²) in [4.78, 5) is 4.32. The minimum Gasteiger partial charge on any atom is -0.492 e. The summed E-state index contributed by atoms with van der Waals surface area (Å²) in [7, 11) is 0. The molecule has 1 aromatic heterocycles. The van der Waals surface area contributed by atoms with Crippen LogP contribution in [0.1, 0.15) is 37.4 Å². The molecule has 1 N–H and O–H groups in total. The second-order valence-corrected chi connectivity index (χ2v) is 5.67. The third-order valence-corrected chi connectivity index (χ3v) is 3.89. The topological polar surface area (TPSA) is 34.1 Å². The van der Waals surface area contributed by atoms with Gasteiger partial charge in [0.2, 0.25) is 0 Å². The van der Waals surface area contributed by atoms with Crippen LogP contribution in [0.2, 0.25) is 0 Å². The summed E-state index contributed by atoms with van der Waals surface area (Å²) in [6.07, 6.45) is 4.65. The van der Waals surface area contributed by atoms with E-state index in [4.69, 9.17) is 4.74 Å². The largest absolute Gasteiger partial charge is 0.492 e. The number of pyridine rings is 1. The first kappa shape index (κ1) is 16.0. The van der Waals surface area contributed by atoms with E-state index in [0.717, 1.165) is 28.8 Å². The van der Waals surface area contributed by atoms with E-state index in [2.05, 4.69) is 64.3 Å². The number of nitrogens with one attached hydrogen (secondary N) is 1. The summed E-state index contributed by atoms with van der Waals surface area (Å²) in [6, 6.07) is 10.4. The Morgan fingerprint density at radius 2 is 2.05 bits per heavy atom. The van der Waals surface area contributed by atoms with E-state index in [0.29, 0.717) is 6.61 Å². The van der Waals surface area contributed by atoms with Crippen LogP contribution in [0.4, 0.5) is 0 Å². The van der Waals surface area contributed by atoms with Gasteiger partial charge in [0.15, 0.2) is 0 Å². The van der Waals surface area contributed by atoms with Crippen molar-refractivity contribution in [2.24, 2.45) is 0 Å². The van der Waals surface area contributed by atoms with Crippen LogP contribution in [0, 0.1) is 0 Å². The molecule has 0 saturated heterocycles. The molecule has 0 spiro atoms. The Kier molecular flexibility index (Phi) is 6.21. The molecule has 3 nitrogen and oxygen atoms in total. The zero-order chi connectivity index (χ0) is 15.1. The molecule has 0 bridgehead atoms. The summed E-state index contributed by atoms with van der Waals surface area (Å²) in [6.45, 7) is 5.80. The third kappa shape index (κ3) is 4.29. The molecule has 1 unspecified atom stereocenters. The Hall–Kier alpha value is -1.39. The molecule has 2 rings (SSSR count). The summed E-state index contributed by atoms with van der Waals surface area (Å²) in [5, 5.41) is 3.51. The van der Waals surface area contributed by atoms with E-state index in [1.165, 1.54) is 5.56 Å². The summed E-state index contributed by atoms with van der Waals surface area (Å²) < 4.78 is 6.78. The molecule has 112 valence electrons. The van der Waals surface area contributed by atoms with Gasteiger partial charge in [0.1, 0.15) is 5.75 Å². The SMILES string of the molecule is CCCOc1cncc(C(NCC)c2ccccc2Br)c1. The standard InChI is InChI=1S/C17H21BrN2O/c1-3-9-21-14-10-13(11-19-12-14)17(20-4-2)15-7-5-6-8-16(15)18/h5-8,10-12,17,20H,3-4,9H2,1-2H3. The maximum atomic E-state index is 5.69. The molecule has 21 heavy (non-hydrogen) atoms. The lowest BCUT2D eigenvalue weighted by Crippen LogP contribution is -2.22. The minimum absolute atomic E-state index is 0.100. The molecule has 0 aliphatic rings. The molecular weight excluding hydrogens is 328 g/mol. The average Bonchev–Trinajstić information content (AvgIpc) is 2.52. The van der Waals surface area contributed by atoms with Crippen molar-refractivity contribution in [2.45, 2.75) is 26.3 Å². The van der Waals surface area contributed by atoms with Gasteiger partial charge in [-0.05, 0) is 36.2 Å². The first-order valence-electron chi connectivity index (χ1n) is 7.31. The number of rotatable bonds is 7. The first-order valence-corrected chi connectivity index (χ1v) is 8.11. The van der Waals surface area contributed by atoms with Crippen LogP contribution in [-0.4, -0.2) is 18.1 Å². The van der Waals surface area contributed by atoms with E-state index < -0.39 is 0 Å². The van der Waals surface area contributed by atoms with E-state index in [1.54, 1.807) is 6.20 Å². The van der Waals surface area contributed by atoms with Crippen molar-refractivity contribution in [1.29, 1.82) is 0 Å². The quantitative estimate of drug-likeness (QED) is 0.808. The van der Waals surface area contributed by atoms with Gasteiger partial charge in [-0.3, -0.25) is 4.98 Å².